The van der Waals surface area contributed by atoms with Crippen molar-refractivity contribution in [3.05, 3.63) is 62.7 Å². The topological polar surface area (TPSA) is 20.3 Å². The molecule has 0 aromatic heterocycles. The van der Waals surface area contributed by atoms with Gasteiger partial charge in [0.25, 0.3) is 5.91 Å². The van der Waals surface area contributed by atoms with Gasteiger partial charge in [0, 0.05) is 20.8 Å². The smallest absolute Gasteiger partial charge is 0.254 e. The second kappa shape index (κ2) is 7.18. The minimum Gasteiger partial charge on any atom is -0.338 e. The van der Waals surface area contributed by atoms with Gasteiger partial charge in [0.15, 0.2) is 0 Å². The third kappa shape index (κ3) is 3.86. The van der Waals surface area contributed by atoms with Crippen LogP contribution in [0.25, 0.3) is 0 Å². The fraction of sp³-hybridized carbons (Fsp3) is 0.316. The Morgan fingerprint density at radius 1 is 1.17 bits per heavy atom. The summed E-state index contributed by atoms with van der Waals surface area (Å²) in [5, 5.41) is 2.06. The van der Waals surface area contributed by atoms with Gasteiger partial charge in [-0.15, -0.1) is 0 Å². The van der Waals surface area contributed by atoms with E-state index in [9.17, 15) is 4.79 Å². The van der Waals surface area contributed by atoms with Gasteiger partial charge < -0.3 is 4.90 Å². The van der Waals surface area contributed by atoms with Gasteiger partial charge in [0.1, 0.15) is 8.07 Å². The SMILES string of the molecule is C[Si](C)(CN(C(=O)c1ccccc1I)C1CC1)c1ccccc1Cl. The number of carbonyl (C=O) groups is 1. The molecule has 2 aromatic carbocycles. The molecule has 0 heterocycles. The largest absolute Gasteiger partial charge is 0.338 e. The van der Waals surface area contributed by atoms with Crippen LogP contribution in [0.4, 0.5) is 0 Å². The lowest BCUT2D eigenvalue weighted by Gasteiger charge is -2.32. The molecule has 0 atom stereocenters. The summed E-state index contributed by atoms with van der Waals surface area (Å²) in [6, 6.07) is 16.3. The van der Waals surface area contributed by atoms with Gasteiger partial charge in [0.05, 0.1) is 5.56 Å². The zero-order chi connectivity index (χ0) is 17.3. The average Bonchev–Trinajstić information content (AvgIpc) is 3.37. The van der Waals surface area contributed by atoms with Crippen LogP contribution in [0.15, 0.2) is 48.5 Å². The number of nitrogens with zero attached hydrogens (tertiary/aromatic N) is 1. The molecule has 1 amide bonds. The van der Waals surface area contributed by atoms with Crippen LogP contribution in [-0.2, 0) is 0 Å². The lowest BCUT2D eigenvalue weighted by Crippen LogP contribution is -2.54. The highest BCUT2D eigenvalue weighted by atomic mass is 127. The van der Waals surface area contributed by atoms with Crippen molar-refractivity contribution in [2.45, 2.75) is 32.0 Å². The van der Waals surface area contributed by atoms with Gasteiger partial charge >= 0.3 is 0 Å². The predicted octanol–water partition coefficient (Wildman–Crippen LogP) is 4.70. The maximum atomic E-state index is 13.2. The second-order valence-corrected chi connectivity index (χ2v) is 13.2. The Balaban J connectivity index is 1.89. The molecule has 1 aliphatic carbocycles. The molecule has 2 aromatic rings. The summed E-state index contributed by atoms with van der Waals surface area (Å²) in [4.78, 5) is 15.3. The minimum atomic E-state index is -1.85. The van der Waals surface area contributed by atoms with Gasteiger partial charge in [-0.3, -0.25) is 4.79 Å². The number of hydrogen-bond acceptors (Lipinski definition) is 1. The van der Waals surface area contributed by atoms with E-state index in [4.69, 9.17) is 11.6 Å². The van der Waals surface area contributed by atoms with Crippen LogP contribution in [-0.4, -0.2) is 31.1 Å². The Hall–Kier alpha value is -0.853. The van der Waals surface area contributed by atoms with E-state index in [1.54, 1.807) is 0 Å². The lowest BCUT2D eigenvalue weighted by atomic mass is 10.2. The van der Waals surface area contributed by atoms with E-state index in [-0.39, 0.29) is 5.91 Å². The van der Waals surface area contributed by atoms with E-state index in [2.05, 4.69) is 46.7 Å². The van der Waals surface area contributed by atoms with Crippen LogP contribution in [0.3, 0.4) is 0 Å². The zero-order valence-electron chi connectivity index (χ0n) is 13.9. The molecule has 1 saturated carbocycles. The Morgan fingerprint density at radius 2 is 1.79 bits per heavy atom. The highest BCUT2D eigenvalue weighted by Crippen LogP contribution is 2.30. The summed E-state index contributed by atoms with van der Waals surface area (Å²) >= 11 is 8.69. The fourth-order valence-electron chi connectivity index (χ4n) is 3.06. The van der Waals surface area contributed by atoms with E-state index in [0.717, 1.165) is 33.2 Å². The summed E-state index contributed by atoms with van der Waals surface area (Å²) in [7, 11) is -1.85. The molecule has 0 saturated heterocycles. The molecule has 5 heteroatoms. The maximum Gasteiger partial charge on any atom is 0.254 e. The minimum absolute atomic E-state index is 0.162. The molecule has 0 aliphatic heterocycles. The van der Waals surface area contributed by atoms with Crippen molar-refractivity contribution >= 4 is 53.4 Å². The highest BCUT2D eigenvalue weighted by Gasteiger charge is 2.38. The van der Waals surface area contributed by atoms with Gasteiger partial charge in [-0.2, -0.15) is 0 Å². The molecule has 24 heavy (non-hydrogen) atoms. The van der Waals surface area contributed by atoms with Crippen molar-refractivity contribution in [1.82, 2.24) is 4.90 Å². The van der Waals surface area contributed by atoms with Crippen LogP contribution in [0.1, 0.15) is 23.2 Å². The van der Waals surface area contributed by atoms with E-state index in [1.807, 2.05) is 42.5 Å². The lowest BCUT2D eigenvalue weighted by molar-refractivity contribution is 0.0768. The molecule has 0 bridgehead atoms. The maximum absolute atomic E-state index is 13.2. The highest BCUT2D eigenvalue weighted by molar-refractivity contribution is 14.1. The average molecular weight is 470 g/mol. The van der Waals surface area contributed by atoms with Crippen molar-refractivity contribution in [1.29, 1.82) is 0 Å². The van der Waals surface area contributed by atoms with Crippen LogP contribution in [0, 0.1) is 3.57 Å². The molecule has 0 spiro atoms. The van der Waals surface area contributed by atoms with Crippen molar-refractivity contribution < 1.29 is 4.79 Å². The Labute approximate surface area is 163 Å². The van der Waals surface area contributed by atoms with E-state index >= 15 is 0 Å². The first-order chi connectivity index (χ1) is 11.4. The second-order valence-electron chi connectivity index (χ2n) is 7.01. The van der Waals surface area contributed by atoms with Gasteiger partial charge in [-0.25, -0.2) is 0 Å². The van der Waals surface area contributed by atoms with E-state index in [0.29, 0.717) is 6.04 Å². The van der Waals surface area contributed by atoms with Gasteiger partial charge in [-0.1, -0.05) is 55.0 Å². The standard InChI is InChI=1S/C19H21ClINOSi/c1-24(2,18-10-6-4-8-16(18)20)13-22(14-11-12-14)19(23)15-7-3-5-9-17(15)21/h3-10,14H,11-13H2,1-2H3. The van der Waals surface area contributed by atoms with Crippen LogP contribution in [0.2, 0.25) is 18.1 Å². The summed E-state index contributed by atoms with van der Waals surface area (Å²) in [6.45, 7) is 4.60. The van der Waals surface area contributed by atoms with E-state index < -0.39 is 8.07 Å². The van der Waals surface area contributed by atoms with Crippen molar-refractivity contribution in [3.8, 4) is 0 Å². The molecule has 0 radical (unpaired) electrons. The first-order valence-corrected chi connectivity index (χ1v) is 12.9. The number of benzene rings is 2. The third-order valence-corrected chi connectivity index (χ3v) is 8.98. The summed E-state index contributed by atoms with van der Waals surface area (Å²) in [5.41, 5.74) is 0.814. The predicted molar refractivity (Wildman–Crippen MR) is 112 cm³/mol. The normalized spacial score (nSPS) is 14.5. The molecule has 126 valence electrons. The number of amides is 1. The quantitative estimate of drug-likeness (QED) is 0.459. The summed E-state index contributed by atoms with van der Waals surface area (Å²) < 4.78 is 1.02. The Kier molecular flexibility index (Phi) is 5.37. The van der Waals surface area contributed by atoms with Crippen molar-refractivity contribution in [2.24, 2.45) is 0 Å². The number of carbonyl (C=O) groups excluding carboxylic acids is 1. The summed E-state index contributed by atoms with van der Waals surface area (Å²) in [6.07, 6.45) is 3.04. The zero-order valence-corrected chi connectivity index (χ0v) is 17.8. The van der Waals surface area contributed by atoms with Gasteiger partial charge in [0.2, 0.25) is 0 Å². The van der Waals surface area contributed by atoms with Crippen molar-refractivity contribution in [3.63, 3.8) is 0 Å². The fourth-order valence-corrected chi connectivity index (χ4v) is 7.29. The number of hydrogen-bond donors (Lipinski definition) is 0. The first-order valence-electron chi connectivity index (χ1n) is 8.20. The molecular formula is C19H21ClINOSi. The molecule has 2 nitrogen and oxygen atoms in total. The van der Waals surface area contributed by atoms with Crippen LogP contribution < -0.4 is 5.19 Å². The molecule has 1 aliphatic rings. The summed E-state index contributed by atoms with van der Waals surface area (Å²) in [5.74, 6) is 0.162. The first kappa shape index (κ1) is 18.0. The number of rotatable bonds is 5. The molecule has 0 unspecified atom stereocenters. The van der Waals surface area contributed by atoms with Crippen LogP contribution >= 0.6 is 34.2 Å². The third-order valence-electron chi connectivity index (χ3n) is 4.52. The van der Waals surface area contributed by atoms with Crippen molar-refractivity contribution in [2.75, 3.05) is 6.17 Å². The van der Waals surface area contributed by atoms with E-state index in [1.165, 1.54) is 5.19 Å². The Morgan fingerprint density at radius 3 is 2.42 bits per heavy atom. The molecule has 3 rings (SSSR count). The van der Waals surface area contributed by atoms with Crippen LogP contribution in [0.5, 0.6) is 0 Å². The van der Waals surface area contributed by atoms with Gasteiger partial charge in [-0.05, 0) is 58.8 Å². The monoisotopic (exact) mass is 469 g/mol. The molecule has 0 N–H and O–H groups in total. The molecular weight excluding hydrogens is 449 g/mol. The Bertz CT molecular complexity index is 761. The number of halogens is 2. The molecule has 1 fully saturated rings.